The second-order valence-corrected chi connectivity index (χ2v) is 1.81. The van der Waals surface area contributed by atoms with Crippen LogP contribution in [-0.2, 0) is 9.09 Å². The van der Waals surface area contributed by atoms with E-state index < -0.39 is 8.25 Å². The summed E-state index contributed by atoms with van der Waals surface area (Å²) in [5.41, 5.74) is 0. The Morgan fingerprint density at radius 2 is 2.50 bits per heavy atom. The van der Waals surface area contributed by atoms with Crippen LogP contribution >= 0.6 is 8.25 Å². The third kappa shape index (κ3) is 5.60. The van der Waals surface area contributed by atoms with Crippen molar-refractivity contribution in [1.29, 1.82) is 0 Å². The summed E-state index contributed by atoms with van der Waals surface area (Å²) in [4.78, 5) is 8.01. The van der Waals surface area contributed by atoms with Crippen molar-refractivity contribution in [2.45, 2.75) is 13.3 Å². The lowest BCUT2D eigenvalue weighted by Gasteiger charge is -1.72. The molecule has 0 fully saturated rings. The van der Waals surface area contributed by atoms with E-state index in [2.05, 4.69) is 4.52 Å². The first kappa shape index (κ1) is 7.60. The SMILES string of the molecule is CCC=CO[P+](=O)O. The van der Waals surface area contributed by atoms with Crippen LogP contribution in [0.25, 0.3) is 0 Å². The third-order valence-corrected chi connectivity index (χ3v) is 0.785. The van der Waals surface area contributed by atoms with Crippen LogP contribution in [0.3, 0.4) is 0 Å². The van der Waals surface area contributed by atoms with E-state index in [4.69, 9.17) is 4.89 Å². The normalized spacial score (nSPS) is 12.0. The maximum absolute atomic E-state index is 9.75. The fraction of sp³-hybridized carbons (Fsp3) is 0.500. The van der Waals surface area contributed by atoms with Crippen LogP contribution in [-0.4, -0.2) is 4.89 Å². The molecule has 0 radical (unpaired) electrons. The van der Waals surface area contributed by atoms with Gasteiger partial charge in [0.2, 0.25) is 0 Å². The average molecular weight is 135 g/mol. The first-order chi connectivity index (χ1) is 3.77. The standard InChI is InChI=1S/C4H7O3P/c1-2-3-4-7-8(5)6/h3-4H,2H2,1H3/p+1. The molecule has 1 N–H and O–H groups in total. The molecule has 4 heteroatoms. The van der Waals surface area contributed by atoms with Gasteiger partial charge in [-0.05, 0) is 12.5 Å². The largest absolute Gasteiger partial charge is 0.746 e. The topological polar surface area (TPSA) is 46.5 Å². The van der Waals surface area contributed by atoms with Crippen LogP contribution in [0, 0.1) is 0 Å². The summed E-state index contributed by atoms with van der Waals surface area (Å²) in [7, 11) is -2.45. The van der Waals surface area contributed by atoms with Gasteiger partial charge in [-0.1, -0.05) is 6.92 Å². The van der Waals surface area contributed by atoms with Gasteiger partial charge in [-0.25, -0.2) is 4.52 Å². The van der Waals surface area contributed by atoms with E-state index in [-0.39, 0.29) is 0 Å². The quantitative estimate of drug-likeness (QED) is 0.472. The third-order valence-electron chi connectivity index (χ3n) is 0.483. The lowest BCUT2D eigenvalue weighted by molar-refractivity contribution is 0.377. The second kappa shape index (κ2) is 4.75. The molecule has 0 aliphatic heterocycles. The number of rotatable bonds is 3. The molecule has 0 aliphatic rings. The molecular formula is C4H8O3P+. The van der Waals surface area contributed by atoms with E-state index in [1.54, 1.807) is 6.08 Å². The van der Waals surface area contributed by atoms with Crippen molar-refractivity contribution in [1.82, 2.24) is 0 Å². The number of allylic oxidation sites excluding steroid dienone is 1. The molecule has 0 saturated carbocycles. The molecule has 0 aromatic carbocycles. The van der Waals surface area contributed by atoms with Crippen LogP contribution in [0.5, 0.6) is 0 Å². The molecule has 0 aromatic rings. The van der Waals surface area contributed by atoms with Crippen molar-refractivity contribution >= 4 is 8.25 Å². The summed E-state index contributed by atoms with van der Waals surface area (Å²) in [6.07, 6.45) is 3.69. The fourth-order valence-corrected chi connectivity index (χ4v) is 0.382. The van der Waals surface area contributed by atoms with Crippen molar-refractivity contribution in [3.63, 3.8) is 0 Å². The Morgan fingerprint density at radius 1 is 1.88 bits per heavy atom. The molecular weight excluding hydrogens is 127 g/mol. The summed E-state index contributed by atoms with van der Waals surface area (Å²) in [5, 5.41) is 0. The Morgan fingerprint density at radius 3 is 2.88 bits per heavy atom. The smallest absolute Gasteiger partial charge is 0.238 e. The van der Waals surface area contributed by atoms with Gasteiger partial charge in [0.1, 0.15) is 6.26 Å². The van der Waals surface area contributed by atoms with Gasteiger partial charge in [0.05, 0.1) is 0 Å². The molecule has 1 unspecified atom stereocenters. The highest BCUT2D eigenvalue weighted by Crippen LogP contribution is 2.13. The van der Waals surface area contributed by atoms with E-state index in [1.165, 1.54) is 6.26 Å². The highest BCUT2D eigenvalue weighted by molar-refractivity contribution is 7.32. The Labute approximate surface area is 48.9 Å². The van der Waals surface area contributed by atoms with Gasteiger partial charge in [0.25, 0.3) is 0 Å². The van der Waals surface area contributed by atoms with Gasteiger partial charge in [0.15, 0.2) is 0 Å². The van der Waals surface area contributed by atoms with E-state index >= 15 is 0 Å². The van der Waals surface area contributed by atoms with E-state index in [0.29, 0.717) is 0 Å². The Kier molecular flexibility index (Phi) is 4.51. The molecule has 1 atom stereocenters. The summed E-state index contributed by atoms with van der Waals surface area (Å²) in [6, 6.07) is 0. The monoisotopic (exact) mass is 135 g/mol. The maximum atomic E-state index is 9.75. The summed E-state index contributed by atoms with van der Waals surface area (Å²) in [5.74, 6) is 0. The summed E-state index contributed by atoms with van der Waals surface area (Å²) >= 11 is 0. The molecule has 0 spiro atoms. The maximum Gasteiger partial charge on any atom is 0.746 e. The van der Waals surface area contributed by atoms with Crippen molar-refractivity contribution < 1.29 is 14.0 Å². The van der Waals surface area contributed by atoms with Gasteiger partial charge < -0.3 is 0 Å². The zero-order valence-electron chi connectivity index (χ0n) is 4.57. The van der Waals surface area contributed by atoms with Gasteiger partial charge in [-0.15, -0.1) is 4.89 Å². The molecule has 46 valence electrons. The Hall–Kier alpha value is -0.400. The van der Waals surface area contributed by atoms with E-state index in [9.17, 15) is 4.57 Å². The molecule has 0 saturated heterocycles. The zero-order valence-corrected chi connectivity index (χ0v) is 5.47. The molecule has 0 rings (SSSR count). The highest BCUT2D eigenvalue weighted by Gasteiger charge is 2.06. The molecule has 0 aromatic heterocycles. The minimum absolute atomic E-state index is 0.809. The van der Waals surface area contributed by atoms with Gasteiger partial charge in [-0.2, -0.15) is 0 Å². The van der Waals surface area contributed by atoms with Crippen molar-refractivity contribution in [2.75, 3.05) is 0 Å². The summed E-state index contributed by atoms with van der Waals surface area (Å²) < 4.78 is 13.9. The van der Waals surface area contributed by atoms with Crippen LogP contribution in [0.4, 0.5) is 0 Å². The van der Waals surface area contributed by atoms with Crippen LogP contribution in [0.2, 0.25) is 0 Å². The van der Waals surface area contributed by atoms with Crippen LogP contribution in [0.15, 0.2) is 12.3 Å². The first-order valence-electron chi connectivity index (χ1n) is 2.25. The molecule has 0 bridgehead atoms. The lowest BCUT2D eigenvalue weighted by Crippen LogP contribution is -1.61. The fourth-order valence-electron chi connectivity index (χ4n) is 0.191. The van der Waals surface area contributed by atoms with Gasteiger partial charge in [0, 0.05) is 4.57 Å². The van der Waals surface area contributed by atoms with Gasteiger partial charge >= 0.3 is 8.25 Å². The molecule has 0 amide bonds. The Bertz CT molecular complexity index is 99.5. The van der Waals surface area contributed by atoms with Crippen molar-refractivity contribution in [2.24, 2.45) is 0 Å². The lowest BCUT2D eigenvalue weighted by atomic mass is 10.5. The molecule has 0 heterocycles. The van der Waals surface area contributed by atoms with Crippen molar-refractivity contribution in [3.05, 3.63) is 12.3 Å². The van der Waals surface area contributed by atoms with Crippen LogP contribution in [0.1, 0.15) is 13.3 Å². The van der Waals surface area contributed by atoms with E-state index in [0.717, 1.165) is 6.42 Å². The van der Waals surface area contributed by atoms with E-state index in [1.807, 2.05) is 6.92 Å². The molecule has 3 nitrogen and oxygen atoms in total. The first-order valence-corrected chi connectivity index (χ1v) is 3.38. The van der Waals surface area contributed by atoms with Crippen LogP contribution < -0.4 is 0 Å². The second-order valence-electron chi connectivity index (χ2n) is 1.12. The number of hydrogen-bond donors (Lipinski definition) is 1. The Balaban J connectivity index is 3.16. The summed E-state index contributed by atoms with van der Waals surface area (Å²) in [6.45, 7) is 1.91. The minimum atomic E-state index is -2.45. The predicted octanol–water partition coefficient (Wildman–Crippen LogP) is 1.58. The highest BCUT2D eigenvalue weighted by atomic mass is 31.1. The minimum Gasteiger partial charge on any atom is -0.238 e. The zero-order chi connectivity index (χ0) is 6.41. The molecule has 0 aliphatic carbocycles. The average Bonchev–Trinajstić information content (AvgIpc) is 1.66. The number of hydrogen-bond acceptors (Lipinski definition) is 2. The van der Waals surface area contributed by atoms with Gasteiger partial charge in [-0.3, -0.25) is 0 Å². The molecule has 8 heavy (non-hydrogen) atoms. The van der Waals surface area contributed by atoms with Crippen molar-refractivity contribution in [3.8, 4) is 0 Å². The predicted molar refractivity (Wildman–Crippen MR) is 30.3 cm³/mol.